The molecule has 23 heavy (non-hydrogen) atoms. The average Bonchev–Trinajstić information content (AvgIpc) is 2.58. The van der Waals surface area contributed by atoms with Crippen LogP contribution in [0.5, 0.6) is 0 Å². The number of rotatable bonds is 4. The van der Waals surface area contributed by atoms with E-state index in [4.69, 9.17) is 0 Å². The van der Waals surface area contributed by atoms with E-state index in [0.29, 0.717) is 17.2 Å². The third kappa shape index (κ3) is 3.88. The molecule has 0 aliphatic heterocycles. The van der Waals surface area contributed by atoms with Crippen molar-refractivity contribution in [3.63, 3.8) is 0 Å². The van der Waals surface area contributed by atoms with Gasteiger partial charge in [-0.1, -0.05) is 18.2 Å². The molecule has 0 aliphatic carbocycles. The number of hydrogen-bond acceptors (Lipinski definition) is 4. The van der Waals surface area contributed by atoms with E-state index in [1.807, 2.05) is 30.3 Å². The Kier molecular flexibility index (Phi) is 4.24. The number of anilines is 3. The van der Waals surface area contributed by atoms with Crippen LogP contribution in [0.1, 0.15) is 10.4 Å². The number of amides is 1. The summed E-state index contributed by atoms with van der Waals surface area (Å²) in [5.41, 5.74) is 1.24. The van der Waals surface area contributed by atoms with Gasteiger partial charge in [-0.15, -0.1) is 10.2 Å². The second-order valence-electron chi connectivity index (χ2n) is 4.76. The Hall–Kier alpha value is -3.28. The van der Waals surface area contributed by atoms with E-state index in [1.165, 1.54) is 24.3 Å². The van der Waals surface area contributed by atoms with E-state index in [1.54, 1.807) is 12.1 Å². The molecule has 1 heterocycles. The van der Waals surface area contributed by atoms with E-state index in [0.717, 1.165) is 5.69 Å². The van der Waals surface area contributed by atoms with Crippen molar-refractivity contribution in [1.29, 1.82) is 0 Å². The summed E-state index contributed by atoms with van der Waals surface area (Å²) >= 11 is 0. The zero-order chi connectivity index (χ0) is 16.1. The van der Waals surface area contributed by atoms with Crippen LogP contribution in [0.4, 0.5) is 21.7 Å². The lowest BCUT2D eigenvalue weighted by atomic mass is 10.2. The molecule has 0 saturated heterocycles. The van der Waals surface area contributed by atoms with Crippen LogP contribution in [-0.2, 0) is 0 Å². The number of aromatic nitrogens is 2. The Labute approximate surface area is 132 Å². The first-order valence-electron chi connectivity index (χ1n) is 6.93. The van der Waals surface area contributed by atoms with Crippen molar-refractivity contribution in [2.75, 3.05) is 10.6 Å². The minimum atomic E-state index is -0.391. The molecule has 3 aromatic rings. The first-order chi connectivity index (χ1) is 11.2. The first kappa shape index (κ1) is 14.6. The molecular formula is C17H13FN4O. The fraction of sp³-hybridized carbons (Fsp3) is 0. The fourth-order valence-corrected chi connectivity index (χ4v) is 1.92. The molecule has 2 aromatic carbocycles. The van der Waals surface area contributed by atoms with Gasteiger partial charge in [0.05, 0.1) is 0 Å². The summed E-state index contributed by atoms with van der Waals surface area (Å²) < 4.78 is 12.8. The van der Waals surface area contributed by atoms with Crippen LogP contribution in [0, 0.1) is 5.82 Å². The van der Waals surface area contributed by atoms with Crippen molar-refractivity contribution >= 4 is 23.2 Å². The molecule has 0 fully saturated rings. The largest absolute Gasteiger partial charge is 0.339 e. The van der Waals surface area contributed by atoms with Gasteiger partial charge in [0.1, 0.15) is 5.82 Å². The zero-order valence-corrected chi connectivity index (χ0v) is 12.0. The van der Waals surface area contributed by atoms with Crippen LogP contribution >= 0.6 is 0 Å². The maximum absolute atomic E-state index is 12.8. The molecule has 0 aliphatic rings. The minimum absolute atomic E-state index is 0.318. The van der Waals surface area contributed by atoms with Crippen molar-refractivity contribution in [2.45, 2.75) is 0 Å². The summed E-state index contributed by atoms with van der Waals surface area (Å²) in [6, 6.07) is 18.2. The van der Waals surface area contributed by atoms with Gasteiger partial charge in [-0.25, -0.2) is 4.39 Å². The molecule has 0 atom stereocenters. The fourth-order valence-electron chi connectivity index (χ4n) is 1.92. The second-order valence-corrected chi connectivity index (χ2v) is 4.76. The Bertz CT molecular complexity index is 789. The van der Waals surface area contributed by atoms with E-state index >= 15 is 0 Å². The Morgan fingerprint density at radius 3 is 2.13 bits per heavy atom. The lowest BCUT2D eigenvalue weighted by molar-refractivity contribution is 0.102. The quantitative estimate of drug-likeness (QED) is 0.772. The summed E-state index contributed by atoms with van der Waals surface area (Å²) in [4.78, 5) is 12.0. The molecule has 1 aromatic heterocycles. The van der Waals surface area contributed by atoms with E-state index in [2.05, 4.69) is 20.8 Å². The topological polar surface area (TPSA) is 66.9 Å². The smallest absolute Gasteiger partial charge is 0.256 e. The Morgan fingerprint density at radius 2 is 1.48 bits per heavy atom. The van der Waals surface area contributed by atoms with Gasteiger partial charge in [0.15, 0.2) is 11.6 Å². The van der Waals surface area contributed by atoms with Crippen molar-refractivity contribution in [1.82, 2.24) is 10.2 Å². The first-order valence-corrected chi connectivity index (χ1v) is 6.93. The highest BCUT2D eigenvalue weighted by Crippen LogP contribution is 2.14. The van der Waals surface area contributed by atoms with Gasteiger partial charge in [-0.2, -0.15) is 0 Å². The number of nitrogens with one attached hydrogen (secondary N) is 2. The van der Waals surface area contributed by atoms with Crippen molar-refractivity contribution in [3.05, 3.63) is 78.1 Å². The monoisotopic (exact) mass is 308 g/mol. The molecule has 5 nitrogen and oxygen atoms in total. The molecule has 0 radical (unpaired) electrons. The van der Waals surface area contributed by atoms with Crippen LogP contribution in [0.3, 0.4) is 0 Å². The second kappa shape index (κ2) is 6.65. The lowest BCUT2D eigenvalue weighted by Crippen LogP contribution is -2.13. The van der Waals surface area contributed by atoms with Crippen LogP contribution in [0.25, 0.3) is 0 Å². The van der Waals surface area contributed by atoms with Crippen molar-refractivity contribution in [2.24, 2.45) is 0 Å². The molecule has 0 saturated carbocycles. The van der Waals surface area contributed by atoms with E-state index in [-0.39, 0.29) is 5.91 Å². The highest BCUT2D eigenvalue weighted by atomic mass is 19.1. The predicted molar refractivity (Wildman–Crippen MR) is 86.1 cm³/mol. The third-order valence-electron chi connectivity index (χ3n) is 3.06. The Morgan fingerprint density at radius 1 is 0.826 bits per heavy atom. The van der Waals surface area contributed by atoms with Gasteiger partial charge in [0.2, 0.25) is 0 Å². The number of hydrogen-bond donors (Lipinski definition) is 2. The minimum Gasteiger partial charge on any atom is -0.339 e. The van der Waals surface area contributed by atoms with Gasteiger partial charge < -0.3 is 10.6 Å². The highest BCUT2D eigenvalue weighted by molar-refractivity contribution is 6.03. The molecule has 2 N–H and O–H groups in total. The normalized spacial score (nSPS) is 10.1. The number of carbonyl (C=O) groups excluding carboxylic acids is 1. The molecule has 6 heteroatoms. The number of halogens is 1. The molecule has 0 bridgehead atoms. The number of carbonyl (C=O) groups is 1. The van der Waals surface area contributed by atoms with Gasteiger partial charge in [0.25, 0.3) is 5.91 Å². The molecule has 3 rings (SSSR count). The summed E-state index contributed by atoms with van der Waals surface area (Å²) in [6.07, 6.45) is 0. The highest BCUT2D eigenvalue weighted by Gasteiger charge is 2.07. The summed E-state index contributed by atoms with van der Waals surface area (Å²) in [6.45, 7) is 0. The van der Waals surface area contributed by atoms with Crippen LogP contribution in [0.15, 0.2) is 66.7 Å². The van der Waals surface area contributed by atoms with Crippen molar-refractivity contribution in [3.8, 4) is 0 Å². The van der Waals surface area contributed by atoms with E-state index < -0.39 is 5.82 Å². The summed E-state index contributed by atoms with van der Waals surface area (Å²) in [5.74, 6) is 0.120. The van der Waals surface area contributed by atoms with Gasteiger partial charge in [-0.05, 0) is 48.5 Å². The number of benzene rings is 2. The molecule has 1 amide bonds. The molecule has 0 spiro atoms. The standard InChI is InChI=1S/C17H13FN4O/c18-13-8-6-12(7-9-13)17(23)20-16-11-10-15(21-22-16)19-14-4-2-1-3-5-14/h1-11H,(H,19,21)(H,20,22,23). The van der Waals surface area contributed by atoms with Crippen LogP contribution in [-0.4, -0.2) is 16.1 Å². The van der Waals surface area contributed by atoms with Gasteiger partial charge in [0, 0.05) is 11.3 Å². The molecule has 0 unspecified atom stereocenters. The van der Waals surface area contributed by atoms with E-state index in [9.17, 15) is 9.18 Å². The maximum atomic E-state index is 12.8. The molecular weight excluding hydrogens is 295 g/mol. The predicted octanol–water partition coefficient (Wildman–Crippen LogP) is 3.61. The average molecular weight is 308 g/mol. The summed E-state index contributed by atoms with van der Waals surface area (Å²) in [7, 11) is 0. The lowest BCUT2D eigenvalue weighted by Gasteiger charge is -2.06. The third-order valence-corrected chi connectivity index (χ3v) is 3.06. The van der Waals surface area contributed by atoms with Crippen LogP contribution < -0.4 is 10.6 Å². The number of nitrogens with zero attached hydrogens (tertiary/aromatic N) is 2. The maximum Gasteiger partial charge on any atom is 0.256 e. The van der Waals surface area contributed by atoms with Crippen molar-refractivity contribution < 1.29 is 9.18 Å². The summed E-state index contributed by atoms with van der Waals surface area (Å²) in [5, 5.41) is 13.6. The molecule has 114 valence electrons. The SMILES string of the molecule is O=C(Nc1ccc(Nc2ccccc2)nn1)c1ccc(F)cc1. The van der Waals surface area contributed by atoms with Gasteiger partial charge in [-0.3, -0.25) is 4.79 Å². The van der Waals surface area contributed by atoms with Gasteiger partial charge >= 0.3 is 0 Å². The Balaban J connectivity index is 1.65. The number of para-hydroxylation sites is 1. The van der Waals surface area contributed by atoms with Crippen LogP contribution in [0.2, 0.25) is 0 Å². The zero-order valence-electron chi connectivity index (χ0n) is 12.0.